The second kappa shape index (κ2) is 7.41. The largest absolute Gasteiger partial charge is 0.355 e. The molecular formula is C12H25IN4. The molecule has 0 aromatic heterocycles. The van der Waals surface area contributed by atoms with Crippen LogP contribution in [0.4, 0.5) is 0 Å². The van der Waals surface area contributed by atoms with Gasteiger partial charge < -0.3 is 15.1 Å². The van der Waals surface area contributed by atoms with Crippen molar-refractivity contribution in [2.45, 2.75) is 31.7 Å². The minimum absolute atomic E-state index is 0. The summed E-state index contributed by atoms with van der Waals surface area (Å²) in [5, 5.41) is 3.42. The molecule has 2 rings (SSSR count). The molecule has 0 aromatic carbocycles. The summed E-state index contributed by atoms with van der Waals surface area (Å²) in [6, 6.07) is 0.824. The molecule has 0 saturated heterocycles. The lowest BCUT2D eigenvalue weighted by atomic mass is 10.2. The number of halogens is 1. The van der Waals surface area contributed by atoms with Crippen LogP contribution in [0.2, 0.25) is 0 Å². The first-order valence-electron chi connectivity index (χ1n) is 6.47. The molecule has 1 saturated carbocycles. The van der Waals surface area contributed by atoms with Crippen molar-refractivity contribution >= 4 is 29.9 Å². The first-order chi connectivity index (χ1) is 7.77. The highest BCUT2D eigenvalue weighted by atomic mass is 127. The number of hydrogen-bond donors (Lipinski definition) is 1. The molecule has 2 aliphatic rings. The number of guanidine groups is 1. The van der Waals surface area contributed by atoms with E-state index < -0.39 is 0 Å². The molecule has 0 amide bonds. The van der Waals surface area contributed by atoms with Gasteiger partial charge in [0, 0.05) is 32.7 Å². The molecule has 0 atom stereocenters. The summed E-state index contributed by atoms with van der Waals surface area (Å²) in [6.07, 6.45) is 5.60. The zero-order valence-electron chi connectivity index (χ0n) is 11.0. The van der Waals surface area contributed by atoms with E-state index in [1.54, 1.807) is 0 Å². The normalized spacial score (nSPS) is 20.6. The van der Waals surface area contributed by atoms with Crippen molar-refractivity contribution in [2.24, 2.45) is 4.99 Å². The minimum atomic E-state index is 0. The minimum Gasteiger partial charge on any atom is -0.355 e. The molecule has 1 N–H and O–H groups in total. The van der Waals surface area contributed by atoms with E-state index in [1.807, 2.05) is 0 Å². The predicted octanol–water partition coefficient (Wildman–Crippen LogP) is 1.37. The lowest BCUT2D eigenvalue weighted by molar-refractivity contribution is 0.249. The van der Waals surface area contributed by atoms with Crippen LogP contribution in [0.25, 0.3) is 0 Å². The number of nitrogens with zero attached hydrogens (tertiary/aromatic N) is 3. The van der Waals surface area contributed by atoms with Crippen molar-refractivity contribution < 1.29 is 0 Å². The Morgan fingerprint density at radius 3 is 2.71 bits per heavy atom. The monoisotopic (exact) mass is 352 g/mol. The van der Waals surface area contributed by atoms with Crippen LogP contribution in [-0.4, -0.2) is 62.1 Å². The zero-order chi connectivity index (χ0) is 11.4. The quantitative estimate of drug-likeness (QED) is 0.776. The number of nitrogens with one attached hydrogen (secondary N) is 1. The third kappa shape index (κ3) is 4.28. The Morgan fingerprint density at radius 2 is 2.12 bits per heavy atom. The van der Waals surface area contributed by atoms with Gasteiger partial charge in [-0.05, 0) is 19.9 Å². The number of hydrogen-bond acceptors (Lipinski definition) is 4. The van der Waals surface area contributed by atoms with Crippen LogP contribution in [0.15, 0.2) is 4.99 Å². The fraction of sp³-hybridized carbons (Fsp3) is 0.917. The Hall–Kier alpha value is -0.0400. The van der Waals surface area contributed by atoms with Crippen LogP contribution in [-0.2, 0) is 0 Å². The van der Waals surface area contributed by atoms with E-state index in [4.69, 9.17) is 0 Å². The third-order valence-corrected chi connectivity index (χ3v) is 3.75. The maximum atomic E-state index is 4.42. The van der Waals surface area contributed by atoms with E-state index in [9.17, 15) is 0 Å². The number of aliphatic imine (C=N–C) groups is 1. The SMILES string of the molecule is CN1CCN=C1NCCN(C)C1CCCC1.I. The lowest BCUT2D eigenvalue weighted by Gasteiger charge is -2.24. The van der Waals surface area contributed by atoms with Crippen LogP contribution in [0.5, 0.6) is 0 Å². The van der Waals surface area contributed by atoms with Crippen LogP contribution >= 0.6 is 24.0 Å². The summed E-state index contributed by atoms with van der Waals surface area (Å²) >= 11 is 0. The molecule has 17 heavy (non-hydrogen) atoms. The van der Waals surface area contributed by atoms with Crippen molar-refractivity contribution in [1.29, 1.82) is 0 Å². The highest BCUT2D eigenvalue weighted by Gasteiger charge is 2.19. The van der Waals surface area contributed by atoms with Crippen LogP contribution < -0.4 is 5.32 Å². The second-order valence-electron chi connectivity index (χ2n) is 4.97. The summed E-state index contributed by atoms with van der Waals surface area (Å²) in [4.78, 5) is 9.11. The molecule has 1 aliphatic carbocycles. The maximum absolute atomic E-state index is 4.42. The molecular weight excluding hydrogens is 327 g/mol. The summed E-state index contributed by atoms with van der Waals surface area (Å²) in [6.45, 7) is 4.13. The van der Waals surface area contributed by atoms with Gasteiger partial charge in [-0.15, -0.1) is 24.0 Å². The third-order valence-electron chi connectivity index (χ3n) is 3.75. The summed E-state index contributed by atoms with van der Waals surface area (Å²) in [7, 11) is 4.34. The van der Waals surface area contributed by atoms with E-state index in [1.165, 1.54) is 25.7 Å². The Bertz CT molecular complexity index is 251. The number of rotatable bonds is 4. The highest BCUT2D eigenvalue weighted by molar-refractivity contribution is 14.0. The van der Waals surface area contributed by atoms with Crippen molar-refractivity contribution in [2.75, 3.05) is 40.3 Å². The Morgan fingerprint density at radius 1 is 1.41 bits per heavy atom. The van der Waals surface area contributed by atoms with Gasteiger partial charge in [0.2, 0.25) is 0 Å². The first-order valence-corrected chi connectivity index (χ1v) is 6.47. The van der Waals surface area contributed by atoms with Crippen molar-refractivity contribution in [3.63, 3.8) is 0 Å². The molecule has 0 unspecified atom stereocenters. The molecule has 0 spiro atoms. The van der Waals surface area contributed by atoms with Gasteiger partial charge in [0.15, 0.2) is 5.96 Å². The molecule has 100 valence electrons. The maximum Gasteiger partial charge on any atom is 0.193 e. The summed E-state index contributed by atoms with van der Waals surface area (Å²) in [5.74, 6) is 1.07. The standard InChI is InChI=1S/C12H24N4.HI/c1-15(11-5-3-4-6-11)9-7-13-12-14-8-10-16(12)2;/h11H,3-10H2,1-2H3,(H,13,14);1H. The Kier molecular flexibility index (Phi) is 6.54. The molecule has 4 nitrogen and oxygen atoms in total. The van der Waals surface area contributed by atoms with Crippen molar-refractivity contribution in [1.82, 2.24) is 15.1 Å². The Balaban J connectivity index is 0.00000144. The average molecular weight is 352 g/mol. The van der Waals surface area contributed by atoms with Gasteiger partial charge in [0.1, 0.15) is 0 Å². The fourth-order valence-corrected chi connectivity index (χ4v) is 2.60. The van der Waals surface area contributed by atoms with Gasteiger partial charge in [0.05, 0.1) is 6.54 Å². The second-order valence-corrected chi connectivity index (χ2v) is 4.97. The fourth-order valence-electron chi connectivity index (χ4n) is 2.60. The molecule has 1 aliphatic heterocycles. The molecule has 0 radical (unpaired) electrons. The van der Waals surface area contributed by atoms with Gasteiger partial charge in [-0.2, -0.15) is 0 Å². The molecule has 0 bridgehead atoms. The molecule has 5 heteroatoms. The molecule has 1 heterocycles. The van der Waals surface area contributed by atoms with Gasteiger partial charge in [-0.3, -0.25) is 4.99 Å². The van der Waals surface area contributed by atoms with Gasteiger partial charge in [-0.25, -0.2) is 0 Å². The van der Waals surface area contributed by atoms with E-state index >= 15 is 0 Å². The molecule has 1 fully saturated rings. The van der Waals surface area contributed by atoms with E-state index in [2.05, 4.69) is 34.2 Å². The van der Waals surface area contributed by atoms with Crippen molar-refractivity contribution in [3.8, 4) is 0 Å². The smallest absolute Gasteiger partial charge is 0.193 e. The Labute approximate surface area is 122 Å². The van der Waals surface area contributed by atoms with Crippen LogP contribution in [0.1, 0.15) is 25.7 Å². The van der Waals surface area contributed by atoms with E-state index in [0.29, 0.717) is 0 Å². The van der Waals surface area contributed by atoms with Crippen LogP contribution in [0, 0.1) is 0 Å². The summed E-state index contributed by atoms with van der Waals surface area (Å²) < 4.78 is 0. The zero-order valence-corrected chi connectivity index (χ0v) is 13.3. The first kappa shape index (κ1) is 15.0. The predicted molar refractivity (Wildman–Crippen MR) is 83.2 cm³/mol. The van der Waals surface area contributed by atoms with Gasteiger partial charge in [0.25, 0.3) is 0 Å². The van der Waals surface area contributed by atoms with E-state index in [-0.39, 0.29) is 24.0 Å². The topological polar surface area (TPSA) is 30.9 Å². The van der Waals surface area contributed by atoms with E-state index in [0.717, 1.165) is 38.2 Å². The van der Waals surface area contributed by atoms with Gasteiger partial charge in [-0.1, -0.05) is 12.8 Å². The number of likely N-dealkylation sites (N-methyl/N-ethyl adjacent to an activating group) is 2. The van der Waals surface area contributed by atoms with Gasteiger partial charge >= 0.3 is 0 Å². The molecule has 0 aromatic rings. The summed E-state index contributed by atoms with van der Waals surface area (Å²) in [5.41, 5.74) is 0. The van der Waals surface area contributed by atoms with Crippen molar-refractivity contribution in [3.05, 3.63) is 0 Å². The lowest BCUT2D eigenvalue weighted by Crippen LogP contribution is -2.41. The average Bonchev–Trinajstić information content (AvgIpc) is 2.90. The highest BCUT2D eigenvalue weighted by Crippen LogP contribution is 2.21. The van der Waals surface area contributed by atoms with Crippen LogP contribution in [0.3, 0.4) is 0 Å².